The second-order valence-electron chi connectivity index (χ2n) is 4.52. The molecule has 0 N–H and O–H groups in total. The predicted octanol–water partition coefficient (Wildman–Crippen LogP) is 2.35. The predicted molar refractivity (Wildman–Crippen MR) is 80.5 cm³/mol. The molecule has 0 unspecified atom stereocenters. The van der Waals surface area contributed by atoms with Crippen molar-refractivity contribution in [3.8, 4) is 0 Å². The highest BCUT2D eigenvalue weighted by molar-refractivity contribution is 7.91. The summed E-state index contributed by atoms with van der Waals surface area (Å²) in [6.45, 7) is 2.10. The van der Waals surface area contributed by atoms with E-state index < -0.39 is 10.0 Å². The number of thiophene rings is 1. The number of hydrogen-bond acceptors (Lipinski definition) is 4. The fourth-order valence-electron chi connectivity index (χ4n) is 1.74. The third-order valence-electron chi connectivity index (χ3n) is 3.07. The van der Waals surface area contributed by atoms with Gasteiger partial charge in [-0.3, -0.25) is 0 Å². The zero-order valence-electron chi connectivity index (χ0n) is 11.5. The molecule has 2 aromatic heterocycles. The van der Waals surface area contributed by atoms with Crippen molar-refractivity contribution < 1.29 is 8.42 Å². The molecule has 0 radical (unpaired) electrons. The van der Waals surface area contributed by atoms with E-state index in [-0.39, 0.29) is 6.54 Å². The molecule has 0 atom stereocenters. The number of sulfonamides is 1. The summed E-state index contributed by atoms with van der Waals surface area (Å²) in [5.41, 5.74) is 0.911. The molecule has 0 bridgehead atoms. The third-order valence-corrected chi connectivity index (χ3v) is 6.98. The summed E-state index contributed by atoms with van der Waals surface area (Å²) in [5.74, 6) is 1.02. The minimum absolute atomic E-state index is 0.235. The van der Waals surface area contributed by atoms with Crippen LogP contribution in [0.1, 0.15) is 16.3 Å². The van der Waals surface area contributed by atoms with E-state index in [4.69, 9.17) is 11.6 Å². The van der Waals surface area contributed by atoms with E-state index in [1.807, 2.05) is 14.0 Å². The van der Waals surface area contributed by atoms with Crippen molar-refractivity contribution in [1.29, 1.82) is 0 Å². The fraction of sp³-hybridized carbons (Fsp3) is 0.417. The summed E-state index contributed by atoms with van der Waals surface area (Å²) >= 11 is 7.02. The van der Waals surface area contributed by atoms with Crippen molar-refractivity contribution in [3.63, 3.8) is 0 Å². The van der Waals surface area contributed by atoms with Gasteiger partial charge >= 0.3 is 0 Å². The van der Waals surface area contributed by atoms with Gasteiger partial charge in [0.2, 0.25) is 0 Å². The molecule has 0 aromatic carbocycles. The highest BCUT2D eigenvalue weighted by atomic mass is 35.5. The summed E-state index contributed by atoms with van der Waals surface area (Å²) in [6.07, 6.45) is 3.44. The Hall–Kier alpha value is -0.890. The highest BCUT2D eigenvalue weighted by Gasteiger charge is 2.25. The number of aromatic nitrogens is 2. The van der Waals surface area contributed by atoms with E-state index in [1.165, 1.54) is 15.6 Å². The number of aryl methyl sites for hydroxylation is 2. The van der Waals surface area contributed by atoms with E-state index in [2.05, 4.69) is 4.98 Å². The zero-order valence-corrected chi connectivity index (χ0v) is 13.9. The standard InChI is InChI=1S/C12H16ClN3O2S2/c1-9-6-12(19-10(9)7-13)20(17,18)16(3)8-11-14-4-5-15(11)2/h4-6H,7-8H2,1-3H3. The number of hydrogen-bond donors (Lipinski definition) is 0. The van der Waals surface area contributed by atoms with Crippen LogP contribution in [0.25, 0.3) is 0 Å². The lowest BCUT2D eigenvalue weighted by molar-refractivity contribution is 0.453. The molecule has 0 aliphatic rings. The summed E-state index contributed by atoms with van der Waals surface area (Å²) in [4.78, 5) is 5.03. The molecule has 0 aliphatic heterocycles. The molecule has 2 heterocycles. The van der Waals surface area contributed by atoms with Crippen LogP contribution in [-0.4, -0.2) is 29.3 Å². The van der Waals surface area contributed by atoms with Crippen molar-refractivity contribution >= 4 is 33.0 Å². The summed E-state index contributed by atoms with van der Waals surface area (Å²) in [5, 5.41) is 0. The number of imidazole rings is 1. The van der Waals surface area contributed by atoms with Gasteiger partial charge in [0, 0.05) is 31.4 Å². The van der Waals surface area contributed by atoms with Crippen LogP contribution in [0.3, 0.4) is 0 Å². The van der Waals surface area contributed by atoms with Crippen LogP contribution >= 0.6 is 22.9 Å². The van der Waals surface area contributed by atoms with Crippen molar-refractivity contribution in [3.05, 3.63) is 34.7 Å². The van der Waals surface area contributed by atoms with Gasteiger partial charge in [-0.25, -0.2) is 13.4 Å². The first-order valence-electron chi connectivity index (χ1n) is 5.94. The number of alkyl halides is 1. The average Bonchev–Trinajstić information content (AvgIpc) is 2.96. The summed E-state index contributed by atoms with van der Waals surface area (Å²) < 4.78 is 28.4. The molecule has 0 fully saturated rings. The first-order valence-corrected chi connectivity index (χ1v) is 8.73. The van der Waals surface area contributed by atoms with Gasteiger partial charge in [0.15, 0.2) is 0 Å². The number of halogens is 1. The van der Waals surface area contributed by atoms with Crippen LogP contribution in [0.15, 0.2) is 22.7 Å². The van der Waals surface area contributed by atoms with Gasteiger partial charge in [0.25, 0.3) is 10.0 Å². The first-order chi connectivity index (χ1) is 9.36. The van der Waals surface area contributed by atoms with Crippen molar-refractivity contribution in [1.82, 2.24) is 13.9 Å². The molecule has 5 nitrogen and oxygen atoms in total. The van der Waals surface area contributed by atoms with E-state index in [9.17, 15) is 8.42 Å². The van der Waals surface area contributed by atoms with Gasteiger partial charge in [0.1, 0.15) is 10.0 Å². The largest absolute Gasteiger partial charge is 0.337 e. The Morgan fingerprint density at radius 1 is 1.50 bits per heavy atom. The van der Waals surface area contributed by atoms with Gasteiger partial charge in [-0.1, -0.05) is 0 Å². The Kier molecular flexibility index (Phi) is 4.53. The van der Waals surface area contributed by atoms with Crippen LogP contribution in [0, 0.1) is 6.92 Å². The van der Waals surface area contributed by atoms with Crippen LogP contribution in [0.5, 0.6) is 0 Å². The normalized spacial score (nSPS) is 12.2. The molecule has 0 saturated carbocycles. The summed E-state index contributed by atoms with van der Waals surface area (Å²) in [7, 11) is -0.112. The fourth-order valence-corrected chi connectivity index (χ4v) is 4.89. The van der Waals surface area contributed by atoms with Crippen LogP contribution in [0.2, 0.25) is 0 Å². The molecule has 110 valence electrons. The number of rotatable bonds is 5. The van der Waals surface area contributed by atoms with E-state index in [0.29, 0.717) is 15.9 Å². The first kappa shape index (κ1) is 15.5. The van der Waals surface area contributed by atoms with Crippen LogP contribution in [-0.2, 0) is 29.5 Å². The summed E-state index contributed by atoms with van der Waals surface area (Å²) in [6, 6.07) is 1.67. The van der Waals surface area contributed by atoms with Crippen molar-refractivity contribution in [2.45, 2.75) is 23.6 Å². The molecule has 20 heavy (non-hydrogen) atoms. The van der Waals surface area contributed by atoms with Gasteiger partial charge in [0.05, 0.1) is 12.4 Å². The van der Waals surface area contributed by atoms with Gasteiger partial charge in [-0.15, -0.1) is 22.9 Å². The Labute approximate surface area is 127 Å². The molecule has 8 heteroatoms. The molecule has 0 spiro atoms. The van der Waals surface area contributed by atoms with Crippen LogP contribution in [0.4, 0.5) is 0 Å². The lowest BCUT2D eigenvalue weighted by Gasteiger charge is -2.15. The molecule has 2 rings (SSSR count). The molecule has 0 aliphatic carbocycles. The highest BCUT2D eigenvalue weighted by Crippen LogP contribution is 2.29. The average molecular weight is 334 g/mol. The van der Waals surface area contributed by atoms with Crippen molar-refractivity contribution in [2.75, 3.05) is 7.05 Å². The van der Waals surface area contributed by atoms with E-state index in [0.717, 1.165) is 10.4 Å². The SMILES string of the molecule is Cc1cc(S(=O)(=O)N(C)Cc2nccn2C)sc1CCl. The third kappa shape index (κ3) is 2.90. The maximum Gasteiger partial charge on any atom is 0.252 e. The molecule has 2 aromatic rings. The minimum Gasteiger partial charge on any atom is -0.337 e. The molecule has 0 amide bonds. The van der Waals surface area contributed by atoms with Crippen LogP contribution < -0.4 is 0 Å². The topological polar surface area (TPSA) is 55.2 Å². The monoisotopic (exact) mass is 333 g/mol. The Bertz CT molecular complexity index is 706. The van der Waals surface area contributed by atoms with Crippen molar-refractivity contribution in [2.24, 2.45) is 7.05 Å². The van der Waals surface area contributed by atoms with Gasteiger partial charge in [-0.2, -0.15) is 4.31 Å². The molecule has 0 saturated heterocycles. The maximum atomic E-state index is 12.5. The lowest BCUT2D eigenvalue weighted by atomic mass is 10.3. The quantitative estimate of drug-likeness (QED) is 0.789. The Balaban J connectivity index is 2.27. The number of nitrogens with zero attached hydrogens (tertiary/aromatic N) is 3. The molecular weight excluding hydrogens is 318 g/mol. The second-order valence-corrected chi connectivity index (χ2v) is 8.20. The van der Waals surface area contributed by atoms with E-state index in [1.54, 1.807) is 30.1 Å². The smallest absolute Gasteiger partial charge is 0.252 e. The maximum absolute atomic E-state index is 12.5. The van der Waals surface area contributed by atoms with Gasteiger partial charge < -0.3 is 4.57 Å². The minimum atomic E-state index is -3.50. The van der Waals surface area contributed by atoms with E-state index >= 15 is 0 Å². The Morgan fingerprint density at radius 3 is 2.70 bits per heavy atom. The Morgan fingerprint density at radius 2 is 2.20 bits per heavy atom. The lowest BCUT2D eigenvalue weighted by Crippen LogP contribution is -2.27. The molecular formula is C12H16ClN3O2S2. The second kappa shape index (κ2) is 5.85. The zero-order chi connectivity index (χ0) is 14.9. The van der Waals surface area contributed by atoms with Gasteiger partial charge in [-0.05, 0) is 18.6 Å².